The summed E-state index contributed by atoms with van der Waals surface area (Å²) in [6, 6.07) is 21.2. The second-order valence-electron chi connectivity index (χ2n) is 6.52. The van der Waals surface area contributed by atoms with E-state index in [4.69, 9.17) is 27.9 Å². The number of ether oxygens (including phenoxy) is 1. The lowest BCUT2D eigenvalue weighted by Crippen LogP contribution is -2.32. The maximum atomic E-state index is 12.8. The molecule has 1 heterocycles. The second kappa shape index (κ2) is 8.63. The van der Waals surface area contributed by atoms with Gasteiger partial charge in [-0.05, 0) is 60.7 Å². The molecule has 3 aromatic rings. The quantitative estimate of drug-likeness (QED) is 0.335. The van der Waals surface area contributed by atoms with Crippen molar-refractivity contribution >= 4 is 52.4 Å². The molecule has 31 heavy (non-hydrogen) atoms. The zero-order valence-electron chi connectivity index (χ0n) is 15.8. The van der Waals surface area contributed by atoms with Crippen molar-refractivity contribution < 1.29 is 19.1 Å². The maximum Gasteiger partial charge on any atom is 0.343 e. The maximum absolute atomic E-state index is 12.8. The van der Waals surface area contributed by atoms with Crippen LogP contribution in [0.2, 0.25) is 5.02 Å². The van der Waals surface area contributed by atoms with E-state index in [0.29, 0.717) is 27.7 Å². The van der Waals surface area contributed by atoms with Crippen LogP contribution >= 0.6 is 23.2 Å². The highest BCUT2D eigenvalue weighted by atomic mass is 35.5. The monoisotopic (exact) mass is 452 g/mol. The van der Waals surface area contributed by atoms with Gasteiger partial charge in [-0.2, -0.15) is 0 Å². The molecule has 1 aliphatic heterocycles. The van der Waals surface area contributed by atoms with E-state index in [-0.39, 0.29) is 10.7 Å². The lowest BCUT2D eigenvalue weighted by atomic mass is 10.2. The molecule has 8 heteroatoms. The van der Waals surface area contributed by atoms with E-state index in [2.05, 4.69) is 5.32 Å². The van der Waals surface area contributed by atoms with Crippen molar-refractivity contribution in [2.24, 2.45) is 0 Å². The fourth-order valence-corrected chi connectivity index (χ4v) is 3.26. The van der Waals surface area contributed by atoms with Crippen LogP contribution in [0, 0.1) is 0 Å². The number of esters is 1. The van der Waals surface area contributed by atoms with E-state index in [9.17, 15) is 14.4 Å². The average Bonchev–Trinajstić information content (AvgIpc) is 2.99. The molecule has 154 valence electrons. The Hall–Kier alpha value is -3.61. The smallest absolute Gasteiger partial charge is 0.343 e. The van der Waals surface area contributed by atoms with Gasteiger partial charge in [-0.3, -0.25) is 9.59 Å². The van der Waals surface area contributed by atoms with Crippen LogP contribution in [0.5, 0.6) is 5.75 Å². The van der Waals surface area contributed by atoms with E-state index in [1.807, 2.05) is 6.07 Å². The number of rotatable bonds is 5. The Morgan fingerprint density at radius 2 is 1.45 bits per heavy atom. The Kier molecular flexibility index (Phi) is 5.75. The van der Waals surface area contributed by atoms with Crippen LogP contribution in [0.25, 0.3) is 0 Å². The van der Waals surface area contributed by atoms with Gasteiger partial charge in [0.2, 0.25) is 0 Å². The normalized spacial score (nSPS) is 13.5. The number of nitrogens with one attached hydrogen (secondary N) is 1. The van der Waals surface area contributed by atoms with Crippen molar-refractivity contribution in [1.82, 2.24) is 0 Å². The Bertz CT molecular complexity index is 1190. The van der Waals surface area contributed by atoms with E-state index in [1.54, 1.807) is 72.8 Å². The van der Waals surface area contributed by atoms with Crippen LogP contribution in [0.4, 0.5) is 11.4 Å². The first-order valence-electron chi connectivity index (χ1n) is 9.12. The third-order valence-corrected chi connectivity index (χ3v) is 5.06. The second-order valence-corrected chi connectivity index (χ2v) is 7.33. The number of halogens is 2. The summed E-state index contributed by atoms with van der Waals surface area (Å²) in [6.45, 7) is 0. The molecule has 0 spiro atoms. The predicted octanol–water partition coefficient (Wildman–Crippen LogP) is 4.99. The van der Waals surface area contributed by atoms with E-state index < -0.39 is 17.8 Å². The van der Waals surface area contributed by atoms with E-state index in [0.717, 1.165) is 4.90 Å². The molecular weight excluding hydrogens is 439 g/mol. The molecule has 0 unspecified atom stereocenters. The topological polar surface area (TPSA) is 75.7 Å². The van der Waals surface area contributed by atoms with Crippen molar-refractivity contribution in [2.75, 3.05) is 10.2 Å². The molecule has 0 radical (unpaired) electrons. The van der Waals surface area contributed by atoms with Crippen LogP contribution in [0.1, 0.15) is 10.4 Å². The standard InChI is InChI=1S/C23H14Cl2N2O4/c24-15-8-12-17(13-9-15)27-21(28)19(25)20(22(27)29)26-16-10-6-14(7-11-16)23(30)31-18-4-2-1-3-5-18/h1-13,26H. The third kappa shape index (κ3) is 4.30. The number of hydrogen-bond acceptors (Lipinski definition) is 5. The number of hydrogen-bond donors (Lipinski definition) is 1. The van der Waals surface area contributed by atoms with Crippen LogP contribution in [0.3, 0.4) is 0 Å². The van der Waals surface area contributed by atoms with E-state index >= 15 is 0 Å². The molecule has 0 fully saturated rings. The molecule has 0 atom stereocenters. The first kappa shape index (κ1) is 20.7. The Labute approximate surface area is 187 Å². The number of anilines is 2. The number of amides is 2. The van der Waals surface area contributed by atoms with Gasteiger partial charge in [0.15, 0.2) is 0 Å². The largest absolute Gasteiger partial charge is 0.423 e. The van der Waals surface area contributed by atoms with Crippen molar-refractivity contribution in [3.63, 3.8) is 0 Å². The lowest BCUT2D eigenvalue weighted by molar-refractivity contribution is -0.120. The minimum atomic E-state index is -0.639. The molecule has 3 aromatic carbocycles. The SMILES string of the molecule is O=C(Oc1ccccc1)c1ccc(NC2=C(Cl)C(=O)N(c3ccc(Cl)cc3)C2=O)cc1. The van der Waals surface area contributed by atoms with Crippen molar-refractivity contribution in [1.29, 1.82) is 0 Å². The number of imide groups is 1. The first-order valence-corrected chi connectivity index (χ1v) is 9.88. The summed E-state index contributed by atoms with van der Waals surface area (Å²) in [5.74, 6) is -1.32. The molecule has 0 aromatic heterocycles. The number of benzene rings is 3. The molecule has 1 N–H and O–H groups in total. The van der Waals surface area contributed by atoms with Gasteiger partial charge >= 0.3 is 5.97 Å². The highest BCUT2D eigenvalue weighted by Crippen LogP contribution is 2.30. The van der Waals surface area contributed by atoms with Gasteiger partial charge in [-0.25, -0.2) is 9.69 Å². The van der Waals surface area contributed by atoms with Gasteiger partial charge in [-0.1, -0.05) is 41.4 Å². The molecule has 1 aliphatic rings. The summed E-state index contributed by atoms with van der Waals surface area (Å²) in [4.78, 5) is 38.5. The minimum Gasteiger partial charge on any atom is -0.423 e. The molecular formula is C23H14Cl2N2O4. The Morgan fingerprint density at radius 1 is 0.806 bits per heavy atom. The number of para-hydroxylation sites is 1. The Balaban J connectivity index is 1.48. The van der Waals surface area contributed by atoms with Crippen molar-refractivity contribution in [3.8, 4) is 5.75 Å². The summed E-state index contributed by atoms with van der Waals surface area (Å²) >= 11 is 12.0. The van der Waals surface area contributed by atoms with Crippen LogP contribution in [-0.4, -0.2) is 17.8 Å². The van der Waals surface area contributed by atoms with Gasteiger partial charge in [0, 0.05) is 10.7 Å². The fourth-order valence-electron chi connectivity index (χ4n) is 2.92. The first-order chi connectivity index (χ1) is 14.9. The van der Waals surface area contributed by atoms with Gasteiger partial charge < -0.3 is 10.1 Å². The van der Waals surface area contributed by atoms with Crippen LogP contribution < -0.4 is 15.0 Å². The number of nitrogens with zero attached hydrogens (tertiary/aromatic N) is 1. The lowest BCUT2D eigenvalue weighted by Gasteiger charge is -2.15. The van der Waals surface area contributed by atoms with Crippen molar-refractivity contribution in [3.05, 3.63) is 100 Å². The van der Waals surface area contributed by atoms with E-state index in [1.165, 1.54) is 0 Å². The van der Waals surface area contributed by atoms with Gasteiger partial charge in [-0.15, -0.1) is 0 Å². The summed E-state index contributed by atoms with van der Waals surface area (Å²) in [5, 5.41) is 3.10. The van der Waals surface area contributed by atoms with Gasteiger partial charge in [0.25, 0.3) is 11.8 Å². The van der Waals surface area contributed by atoms with Crippen LogP contribution in [-0.2, 0) is 9.59 Å². The molecule has 0 saturated heterocycles. The zero-order chi connectivity index (χ0) is 22.0. The summed E-state index contributed by atoms with van der Waals surface area (Å²) in [6.07, 6.45) is 0. The Morgan fingerprint density at radius 3 is 2.10 bits per heavy atom. The molecule has 0 aliphatic carbocycles. The van der Waals surface area contributed by atoms with Crippen LogP contribution in [0.15, 0.2) is 89.6 Å². The minimum absolute atomic E-state index is 0.0544. The summed E-state index contributed by atoms with van der Waals surface area (Å²) in [5.41, 5.74) is 1.10. The van der Waals surface area contributed by atoms with Gasteiger partial charge in [0.1, 0.15) is 16.5 Å². The molecule has 0 bridgehead atoms. The average molecular weight is 453 g/mol. The highest BCUT2D eigenvalue weighted by molar-refractivity contribution is 6.53. The third-order valence-electron chi connectivity index (χ3n) is 4.46. The molecule has 6 nitrogen and oxygen atoms in total. The predicted molar refractivity (Wildman–Crippen MR) is 118 cm³/mol. The number of carbonyl (C=O) groups is 3. The number of carbonyl (C=O) groups excluding carboxylic acids is 3. The fraction of sp³-hybridized carbons (Fsp3) is 0. The summed E-state index contributed by atoms with van der Waals surface area (Å²) < 4.78 is 5.29. The van der Waals surface area contributed by atoms with Gasteiger partial charge in [0.05, 0.1) is 11.3 Å². The molecule has 0 saturated carbocycles. The molecule has 4 rings (SSSR count). The molecule has 2 amide bonds. The van der Waals surface area contributed by atoms with Crippen molar-refractivity contribution in [2.45, 2.75) is 0 Å². The zero-order valence-corrected chi connectivity index (χ0v) is 17.4. The summed E-state index contributed by atoms with van der Waals surface area (Å²) in [7, 11) is 0. The highest BCUT2D eigenvalue weighted by Gasteiger charge is 2.38.